The number of nitrogens with zero attached hydrogens (tertiary/aromatic N) is 2. The van der Waals surface area contributed by atoms with Crippen LogP contribution in [0.25, 0.3) is 0 Å². The van der Waals surface area contributed by atoms with E-state index in [-0.39, 0.29) is 11.6 Å². The first-order valence-corrected chi connectivity index (χ1v) is 8.84. The van der Waals surface area contributed by atoms with Crippen molar-refractivity contribution in [3.8, 4) is 11.5 Å². The van der Waals surface area contributed by atoms with Gasteiger partial charge >= 0.3 is 0 Å². The van der Waals surface area contributed by atoms with Gasteiger partial charge in [-0.15, -0.1) is 10.2 Å². The van der Waals surface area contributed by atoms with Gasteiger partial charge in [-0.1, -0.05) is 24.3 Å². The highest BCUT2D eigenvalue weighted by Gasteiger charge is 2.11. The number of benzene rings is 2. The number of anilines is 2. The Morgan fingerprint density at radius 3 is 2.39 bits per heavy atom. The van der Waals surface area contributed by atoms with Crippen LogP contribution in [0.15, 0.2) is 60.7 Å². The van der Waals surface area contributed by atoms with Crippen molar-refractivity contribution in [2.24, 2.45) is 0 Å². The van der Waals surface area contributed by atoms with Crippen LogP contribution in [-0.4, -0.2) is 36.9 Å². The number of rotatable bonds is 8. The van der Waals surface area contributed by atoms with Crippen molar-refractivity contribution < 1.29 is 14.3 Å². The van der Waals surface area contributed by atoms with E-state index in [4.69, 9.17) is 9.47 Å². The molecule has 144 valence electrons. The first-order valence-electron chi connectivity index (χ1n) is 8.84. The maximum absolute atomic E-state index is 12.3. The second-order valence-electron chi connectivity index (χ2n) is 5.98. The summed E-state index contributed by atoms with van der Waals surface area (Å²) in [6, 6.07) is 18.5. The number of ether oxygens (including phenoxy) is 2. The van der Waals surface area contributed by atoms with Crippen molar-refractivity contribution in [3.63, 3.8) is 0 Å². The molecule has 0 fully saturated rings. The molecule has 1 heterocycles. The van der Waals surface area contributed by atoms with Crippen LogP contribution in [0.2, 0.25) is 0 Å². The number of para-hydroxylation sites is 2. The van der Waals surface area contributed by atoms with Crippen LogP contribution in [0.4, 0.5) is 11.5 Å². The van der Waals surface area contributed by atoms with Gasteiger partial charge in [-0.2, -0.15) is 0 Å². The summed E-state index contributed by atoms with van der Waals surface area (Å²) in [4.78, 5) is 12.3. The summed E-state index contributed by atoms with van der Waals surface area (Å²) in [7, 11) is 3.20. The van der Waals surface area contributed by atoms with E-state index in [1.807, 2.05) is 36.4 Å². The highest BCUT2D eigenvalue weighted by molar-refractivity contribution is 6.03. The van der Waals surface area contributed by atoms with Crippen molar-refractivity contribution in [1.82, 2.24) is 10.2 Å². The first kappa shape index (κ1) is 19.2. The van der Waals surface area contributed by atoms with Gasteiger partial charge in [0.2, 0.25) is 0 Å². The molecule has 3 aromatic rings. The fraction of sp³-hybridized carbons (Fsp3) is 0.190. The summed E-state index contributed by atoms with van der Waals surface area (Å²) in [6.07, 6.45) is 0.835. The minimum Gasteiger partial charge on any atom is -0.497 e. The Balaban J connectivity index is 1.53. The fourth-order valence-corrected chi connectivity index (χ4v) is 2.61. The van der Waals surface area contributed by atoms with Gasteiger partial charge in [-0.25, -0.2) is 0 Å². The average Bonchev–Trinajstić information content (AvgIpc) is 2.75. The third-order valence-corrected chi connectivity index (χ3v) is 4.13. The highest BCUT2D eigenvalue weighted by atomic mass is 16.5. The SMILES string of the molecule is COc1ccc(CCNc2ccc(C(=O)Nc3ccccc3OC)nn2)cc1. The number of hydrogen-bond acceptors (Lipinski definition) is 6. The molecule has 3 rings (SSSR count). The van der Waals surface area contributed by atoms with E-state index < -0.39 is 0 Å². The summed E-state index contributed by atoms with van der Waals surface area (Å²) in [5.41, 5.74) is 2.00. The fourth-order valence-electron chi connectivity index (χ4n) is 2.61. The van der Waals surface area contributed by atoms with Gasteiger partial charge in [-0.3, -0.25) is 4.79 Å². The molecule has 1 amide bonds. The largest absolute Gasteiger partial charge is 0.497 e. The predicted octanol–water partition coefficient (Wildman–Crippen LogP) is 3.40. The molecule has 0 saturated heterocycles. The summed E-state index contributed by atoms with van der Waals surface area (Å²) < 4.78 is 10.4. The Labute approximate surface area is 163 Å². The lowest BCUT2D eigenvalue weighted by Crippen LogP contribution is -2.15. The third kappa shape index (κ3) is 4.97. The number of hydrogen-bond donors (Lipinski definition) is 2. The Bertz CT molecular complexity index is 912. The summed E-state index contributed by atoms with van der Waals surface area (Å²) in [6.45, 7) is 0.702. The number of methoxy groups -OCH3 is 2. The van der Waals surface area contributed by atoms with Gasteiger partial charge in [0.25, 0.3) is 5.91 Å². The maximum atomic E-state index is 12.3. The molecule has 2 N–H and O–H groups in total. The predicted molar refractivity (Wildman–Crippen MR) is 108 cm³/mol. The Morgan fingerprint density at radius 2 is 1.71 bits per heavy atom. The summed E-state index contributed by atoms with van der Waals surface area (Å²) in [5, 5.41) is 14.0. The molecule has 0 spiro atoms. The zero-order valence-corrected chi connectivity index (χ0v) is 15.8. The number of amides is 1. The number of nitrogens with one attached hydrogen (secondary N) is 2. The third-order valence-electron chi connectivity index (χ3n) is 4.13. The molecule has 28 heavy (non-hydrogen) atoms. The zero-order valence-electron chi connectivity index (χ0n) is 15.8. The van der Waals surface area contributed by atoms with Gasteiger partial charge in [-0.05, 0) is 48.4 Å². The highest BCUT2D eigenvalue weighted by Crippen LogP contribution is 2.23. The quantitative estimate of drug-likeness (QED) is 0.625. The summed E-state index contributed by atoms with van der Waals surface area (Å²) >= 11 is 0. The van der Waals surface area contributed by atoms with E-state index in [0.29, 0.717) is 23.8 Å². The van der Waals surface area contributed by atoms with E-state index in [0.717, 1.165) is 12.2 Å². The van der Waals surface area contributed by atoms with Crippen molar-refractivity contribution in [1.29, 1.82) is 0 Å². The standard InChI is InChI=1S/C21H22N4O3/c1-27-16-9-7-15(8-10-16)13-14-22-20-12-11-18(24-25-20)21(26)23-17-5-3-4-6-19(17)28-2/h3-12H,13-14H2,1-2H3,(H,22,25)(H,23,26). The molecule has 0 radical (unpaired) electrons. The number of carbonyl (C=O) groups is 1. The molecule has 0 atom stereocenters. The van der Waals surface area contributed by atoms with Crippen LogP contribution in [-0.2, 0) is 6.42 Å². The molecule has 7 nitrogen and oxygen atoms in total. The van der Waals surface area contributed by atoms with Crippen LogP contribution < -0.4 is 20.1 Å². The number of aromatic nitrogens is 2. The van der Waals surface area contributed by atoms with E-state index in [1.54, 1.807) is 38.5 Å². The van der Waals surface area contributed by atoms with Crippen molar-refractivity contribution >= 4 is 17.4 Å². The molecular formula is C21H22N4O3. The Hall–Kier alpha value is -3.61. The molecule has 0 unspecified atom stereocenters. The van der Waals surface area contributed by atoms with E-state index in [1.165, 1.54) is 5.56 Å². The molecule has 0 aliphatic carbocycles. The average molecular weight is 378 g/mol. The molecular weight excluding hydrogens is 356 g/mol. The van der Waals surface area contributed by atoms with Crippen molar-refractivity contribution in [3.05, 3.63) is 71.9 Å². The van der Waals surface area contributed by atoms with Crippen molar-refractivity contribution in [2.45, 2.75) is 6.42 Å². The van der Waals surface area contributed by atoms with E-state index >= 15 is 0 Å². The Morgan fingerprint density at radius 1 is 0.929 bits per heavy atom. The van der Waals surface area contributed by atoms with Crippen LogP contribution in [0, 0.1) is 0 Å². The normalized spacial score (nSPS) is 10.2. The lowest BCUT2D eigenvalue weighted by atomic mass is 10.1. The minimum atomic E-state index is -0.346. The second kappa shape index (κ2) is 9.36. The van der Waals surface area contributed by atoms with E-state index in [9.17, 15) is 4.79 Å². The van der Waals surface area contributed by atoms with Crippen LogP contribution >= 0.6 is 0 Å². The van der Waals surface area contributed by atoms with E-state index in [2.05, 4.69) is 20.8 Å². The van der Waals surface area contributed by atoms with Gasteiger partial charge in [0.05, 0.1) is 19.9 Å². The van der Waals surface area contributed by atoms with Gasteiger partial charge in [0.15, 0.2) is 5.69 Å². The number of carbonyl (C=O) groups excluding carboxylic acids is 1. The van der Waals surface area contributed by atoms with Crippen LogP contribution in [0.5, 0.6) is 11.5 Å². The zero-order chi connectivity index (χ0) is 19.8. The van der Waals surface area contributed by atoms with Crippen LogP contribution in [0.3, 0.4) is 0 Å². The minimum absolute atomic E-state index is 0.228. The molecule has 0 aliphatic rings. The second-order valence-corrected chi connectivity index (χ2v) is 5.98. The molecule has 1 aromatic heterocycles. The lowest BCUT2D eigenvalue weighted by molar-refractivity contribution is 0.102. The molecule has 7 heteroatoms. The first-order chi connectivity index (χ1) is 13.7. The maximum Gasteiger partial charge on any atom is 0.276 e. The van der Waals surface area contributed by atoms with Crippen molar-refractivity contribution in [2.75, 3.05) is 31.4 Å². The smallest absolute Gasteiger partial charge is 0.276 e. The van der Waals surface area contributed by atoms with Gasteiger partial charge in [0.1, 0.15) is 17.3 Å². The summed E-state index contributed by atoms with van der Waals surface area (Å²) in [5.74, 6) is 1.69. The molecule has 0 aliphatic heterocycles. The molecule has 2 aromatic carbocycles. The monoisotopic (exact) mass is 378 g/mol. The molecule has 0 saturated carbocycles. The lowest BCUT2D eigenvalue weighted by Gasteiger charge is -2.09. The topological polar surface area (TPSA) is 85.4 Å². The van der Waals surface area contributed by atoms with Gasteiger partial charge in [0, 0.05) is 6.54 Å². The van der Waals surface area contributed by atoms with Gasteiger partial charge < -0.3 is 20.1 Å². The molecule has 0 bridgehead atoms. The Kier molecular flexibility index (Phi) is 6.41. The van der Waals surface area contributed by atoms with Crippen LogP contribution in [0.1, 0.15) is 16.1 Å².